The molecule has 0 fully saturated rings. The number of hydrogen-bond donors (Lipinski definition) is 0. The number of unbranched alkanes of at least 4 members (excludes halogenated alkanes) is 18. The van der Waals surface area contributed by atoms with Gasteiger partial charge in [-0.3, -0.25) is 0 Å². The maximum absolute atomic E-state index is 5.38. The zero-order valence-electron chi connectivity index (χ0n) is 15.6. The van der Waals surface area contributed by atoms with Crippen molar-refractivity contribution in [2.45, 2.75) is 129 Å². The molecule has 131 valence electrons. The van der Waals surface area contributed by atoms with E-state index in [1.54, 1.807) is 6.08 Å². The maximum atomic E-state index is 5.38. The second-order valence-corrected chi connectivity index (χ2v) is 7.03. The Morgan fingerprint density at radius 2 is 0.727 bits per heavy atom. The van der Waals surface area contributed by atoms with Crippen LogP contribution in [0.2, 0.25) is 0 Å². The molecule has 0 heteroatoms. The van der Waals surface area contributed by atoms with E-state index >= 15 is 0 Å². The van der Waals surface area contributed by atoms with Crippen LogP contribution in [0.5, 0.6) is 0 Å². The third-order valence-corrected chi connectivity index (χ3v) is 4.72. The molecule has 0 rings (SSSR count). The first-order chi connectivity index (χ1) is 10.9. The molecule has 0 saturated heterocycles. The summed E-state index contributed by atoms with van der Waals surface area (Å²) in [5.74, 6) is 0. The first kappa shape index (κ1) is 21.7. The molecule has 0 atom stereocenters. The summed E-state index contributed by atoms with van der Waals surface area (Å²) >= 11 is 0. The molecular formula is C22H43. The highest BCUT2D eigenvalue weighted by molar-refractivity contribution is 4.61. The summed E-state index contributed by atoms with van der Waals surface area (Å²) in [5, 5.41) is 0. The third kappa shape index (κ3) is 19.7. The molecular weight excluding hydrogens is 264 g/mol. The SMILES string of the molecule is [CH]=CCCCCCCCCCCCCCCCCCCCC. The van der Waals surface area contributed by atoms with Crippen LogP contribution in [0.1, 0.15) is 129 Å². The molecule has 0 aliphatic carbocycles. The van der Waals surface area contributed by atoms with Gasteiger partial charge in [-0.05, 0) is 12.8 Å². The zero-order chi connectivity index (χ0) is 16.1. The van der Waals surface area contributed by atoms with Crippen molar-refractivity contribution in [2.24, 2.45) is 0 Å². The van der Waals surface area contributed by atoms with Gasteiger partial charge < -0.3 is 0 Å². The van der Waals surface area contributed by atoms with E-state index in [4.69, 9.17) is 6.58 Å². The van der Waals surface area contributed by atoms with Crippen LogP contribution in [0.3, 0.4) is 0 Å². The summed E-state index contributed by atoms with van der Waals surface area (Å²) in [6.07, 6.45) is 28.8. The molecule has 0 aromatic carbocycles. The minimum absolute atomic E-state index is 1.10. The highest BCUT2D eigenvalue weighted by Crippen LogP contribution is 2.14. The molecule has 0 saturated carbocycles. The van der Waals surface area contributed by atoms with Gasteiger partial charge in [0.15, 0.2) is 0 Å². The van der Waals surface area contributed by atoms with Gasteiger partial charge in [-0.2, -0.15) is 0 Å². The topological polar surface area (TPSA) is 0 Å². The fourth-order valence-electron chi connectivity index (χ4n) is 3.16. The average Bonchev–Trinajstić information content (AvgIpc) is 2.54. The van der Waals surface area contributed by atoms with Gasteiger partial charge in [-0.15, -0.1) is 0 Å². The molecule has 0 spiro atoms. The monoisotopic (exact) mass is 307 g/mol. The highest BCUT2D eigenvalue weighted by atomic mass is 14.0. The van der Waals surface area contributed by atoms with E-state index in [9.17, 15) is 0 Å². The van der Waals surface area contributed by atoms with E-state index in [2.05, 4.69) is 6.92 Å². The van der Waals surface area contributed by atoms with Gasteiger partial charge in [0, 0.05) is 0 Å². The van der Waals surface area contributed by atoms with Gasteiger partial charge >= 0.3 is 0 Å². The van der Waals surface area contributed by atoms with Crippen molar-refractivity contribution >= 4 is 0 Å². The van der Waals surface area contributed by atoms with Gasteiger partial charge in [0.25, 0.3) is 0 Å². The average molecular weight is 308 g/mol. The summed E-state index contributed by atoms with van der Waals surface area (Å²) in [6.45, 7) is 7.67. The highest BCUT2D eigenvalue weighted by Gasteiger charge is 1.94. The number of allylic oxidation sites excluding steroid dienone is 1. The summed E-state index contributed by atoms with van der Waals surface area (Å²) in [5.41, 5.74) is 0. The summed E-state index contributed by atoms with van der Waals surface area (Å²) in [7, 11) is 0. The molecule has 0 aliphatic heterocycles. The molecule has 0 heterocycles. The lowest BCUT2D eigenvalue weighted by Gasteiger charge is -2.03. The largest absolute Gasteiger partial charge is 0.0845 e. The van der Waals surface area contributed by atoms with Crippen LogP contribution in [-0.2, 0) is 0 Å². The Kier molecular flexibility index (Phi) is 20.5. The molecule has 1 radical (unpaired) electrons. The first-order valence-corrected chi connectivity index (χ1v) is 10.4. The van der Waals surface area contributed by atoms with Gasteiger partial charge in [-0.25, -0.2) is 0 Å². The van der Waals surface area contributed by atoms with Gasteiger partial charge in [0.1, 0.15) is 0 Å². The second-order valence-electron chi connectivity index (χ2n) is 7.03. The Bertz CT molecular complexity index is 194. The van der Waals surface area contributed by atoms with Crippen molar-refractivity contribution in [1.29, 1.82) is 0 Å². The van der Waals surface area contributed by atoms with Crippen LogP contribution in [0.25, 0.3) is 0 Å². The predicted molar refractivity (Wildman–Crippen MR) is 102 cm³/mol. The van der Waals surface area contributed by atoms with Gasteiger partial charge in [-0.1, -0.05) is 129 Å². The molecule has 0 unspecified atom stereocenters. The summed E-state index contributed by atoms with van der Waals surface area (Å²) in [6, 6.07) is 0. The Labute approximate surface area is 142 Å². The van der Waals surface area contributed by atoms with Crippen LogP contribution in [0.4, 0.5) is 0 Å². The molecule has 0 aromatic rings. The third-order valence-electron chi connectivity index (χ3n) is 4.72. The number of hydrogen-bond acceptors (Lipinski definition) is 0. The fourth-order valence-corrected chi connectivity index (χ4v) is 3.16. The van der Waals surface area contributed by atoms with Crippen molar-refractivity contribution in [3.05, 3.63) is 12.7 Å². The van der Waals surface area contributed by atoms with E-state index in [0.29, 0.717) is 0 Å². The molecule has 0 N–H and O–H groups in total. The predicted octanol–water partition coefficient (Wildman–Crippen LogP) is 8.41. The van der Waals surface area contributed by atoms with E-state index in [-0.39, 0.29) is 0 Å². The lowest BCUT2D eigenvalue weighted by Crippen LogP contribution is -1.84. The molecule has 0 bridgehead atoms. The maximum Gasteiger partial charge on any atom is -0.0348 e. The van der Waals surface area contributed by atoms with Gasteiger partial charge in [0.05, 0.1) is 0 Å². The normalized spacial score (nSPS) is 11.0. The van der Waals surface area contributed by atoms with Crippen LogP contribution in [0, 0.1) is 6.58 Å². The van der Waals surface area contributed by atoms with Crippen molar-refractivity contribution in [3.8, 4) is 0 Å². The van der Waals surface area contributed by atoms with Crippen LogP contribution < -0.4 is 0 Å². The van der Waals surface area contributed by atoms with Crippen molar-refractivity contribution in [2.75, 3.05) is 0 Å². The first-order valence-electron chi connectivity index (χ1n) is 10.4. The number of rotatable bonds is 19. The molecule has 0 aromatic heterocycles. The van der Waals surface area contributed by atoms with Crippen LogP contribution in [0.15, 0.2) is 6.08 Å². The Morgan fingerprint density at radius 1 is 0.455 bits per heavy atom. The lowest BCUT2D eigenvalue weighted by atomic mass is 10.0. The lowest BCUT2D eigenvalue weighted by molar-refractivity contribution is 0.525. The summed E-state index contributed by atoms with van der Waals surface area (Å²) < 4.78 is 0. The van der Waals surface area contributed by atoms with E-state index in [0.717, 1.165) is 6.42 Å². The standard InChI is InChI=1S/C22H43/c1-3-5-7-9-11-13-15-17-19-21-22-20-18-16-14-12-10-8-6-4-2/h1,3H,4-22H2,2H3. The Hall–Kier alpha value is -0.260. The fraction of sp³-hybridized carbons (Fsp3) is 0.909. The minimum atomic E-state index is 1.10. The Balaban J connectivity index is 2.92. The van der Waals surface area contributed by atoms with E-state index < -0.39 is 0 Å². The van der Waals surface area contributed by atoms with Crippen molar-refractivity contribution in [1.82, 2.24) is 0 Å². The van der Waals surface area contributed by atoms with Crippen LogP contribution in [-0.4, -0.2) is 0 Å². The Morgan fingerprint density at radius 3 is 1.00 bits per heavy atom. The molecule has 0 aliphatic rings. The van der Waals surface area contributed by atoms with E-state index in [1.807, 2.05) is 0 Å². The van der Waals surface area contributed by atoms with Crippen molar-refractivity contribution < 1.29 is 0 Å². The summed E-state index contributed by atoms with van der Waals surface area (Å²) in [4.78, 5) is 0. The second kappa shape index (κ2) is 20.7. The van der Waals surface area contributed by atoms with Crippen molar-refractivity contribution in [3.63, 3.8) is 0 Å². The zero-order valence-corrected chi connectivity index (χ0v) is 15.6. The molecule has 0 amide bonds. The quantitative estimate of drug-likeness (QED) is 0.210. The minimum Gasteiger partial charge on any atom is -0.0845 e. The smallest absolute Gasteiger partial charge is 0.0348 e. The molecule has 22 heavy (non-hydrogen) atoms. The van der Waals surface area contributed by atoms with Crippen LogP contribution >= 0.6 is 0 Å². The van der Waals surface area contributed by atoms with Gasteiger partial charge in [0.2, 0.25) is 0 Å². The van der Waals surface area contributed by atoms with E-state index in [1.165, 1.54) is 116 Å². The molecule has 0 nitrogen and oxygen atoms in total.